The molecule has 0 aromatic heterocycles. The highest BCUT2D eigenvalue weighted by Crippen LogP contribution is 2.62. The van der Waals surface area contributed by atoms with Crippen LogP contribution in [0.5, 0.6) is 0 Å². The van der Waals surface area contributed by atoms with Crippen LogP contribution >= 0.6 is 0 Å². The number of unbranched alkanes of at least 4 members (excludes halogenated alkanes) is 6. The van der Waals surface area contributed by atoms with Gasteiger partial charge in [-0.25, -0.2) is 43.9 Å². The summed E-state index contributed by atoms with van der Waals surface area (Å²) in [5.41, 5.74) is 9.74. The van der Waals surface area contributed by atoms with Gasteiger partial charge < -0.3 is 9.80 Å². The minimum absolute atomic E-state index is 0.276. The number of fused-ring (bicyclic) bond motifs is 8. The summed E-state index contributed by atoms with van der Waals surface area (Å²) in [5.74, 6) is -20.5. The highest BCUT2D eigenvalue weighted by atomic mass is 19.2. The molecule has 2 atom stereocenters. The Bertz CT molecular complexity index is 5910. The number of hydrogen-bond acceptors (Lipinski definition) is 2. The molecule has 116 heavy (non-hydrogen) atoms. The lowest BCUT2D eigenvalue weighted by Gasteiger charge is -2.35. The van der Waals surface area contributed by atoms with Gasteiger partial charge in [-0.2, -0.15) is 0 Å². The molecule has 0 saturated carbocycles. The quantitative estimate of drug-likeness (QED) is 0.0257. The normalized spacial score (nSPS) is 14.5. The lowest BCUT2D eigenvalue weighted by molar-refractivity contribution is 0.363. The first kappa shape index (κ1) is 75.9. The van der Waals surface area contributed by atoms with Gasteiger partial charge in [0.2, 0.25) is 11.6 Å². The van der Waals surface area contributed by atoms with Crippen molar-refractivity contribution in [1.29, 1.82) is 0 Å². The van der Waals surface area contributed by atoms with E-state index in [0.717, 1.165) is 142 Å². The van der Waals surface area contributed by atoms with Gasteiger partial charge in [-0.3, -0.25) is 0 Å². The molecule has 574 valence electrons. The summed E-state index contributed by atoms with van der Waals surface area (Å²) in [4.78, 5) is 4.17. The zero-order valence-corrected chi connectivity index (χ0v) is 63.9. The molecule has 0 heterocycles. The molecule has 2 unspecified atom stereocenters. The van der Waals surface area contributed by atoms with Crippen LogP contribution in [0.15, 0.2) is 292 Å². The van der Waals surface area contributed by atoms with Crippen molar-refractivity contribution in [2.45, 2.75) is 88.9 Å². The Morgan fingerprint density at radius 2 is 0.612 bits per heavy atom. The van der Waals surface area contributed by atoms with Gasteiger partial charge in [0.25, 0.3) is 0 Å². The Hall–Kier alpha value is -12.8. The number of nitrogens with zero attached hydrogens (tertiary/aromatic N) is 2. The molecule has 15 aromatic rings. The summed E-state index contributed by atoms with van der Waals surface area (Å²) in [7, 11) is 0. The SMILES string of the molecule is C=Cc1ccc(C2(c3c(F)c(F)c(F)c(F)c3F)c3ccccc3-c3ccc(N(c4ccc(-c5cc(CCCCCC)c(-c6ccc(N(c7ccc8c(c7)C(c7ccc(C=C)cc7)(c7c(F)c(F)c(F)c(F)c7F)c7ccccc7-8)c7cccc8ccccc78)cc6)cc5CCCCCC)cc4)c4cccc5ccccc45)cc32)cc1. The topological polar surface area (TPSA) is 6.48 Å². The van der Waals surface area contributed by atoms with E-state index in [9.17, 15) is 0 Å². The average Bonchev–Trinajstić information content (AvgIpc) is 1.66. The molecule has 2 aliphatic rings. The van der Waals surface area contributed by atoms with Crippen molar-refractivity contribution >= 4 is 67.8 Å². The largest absolute Gasteiger partial charge is 0.310 e. The number of halogens is 10. The summed E-state index contributed by atoms with van der Waals surface area (Å²) < 4.78 is 164. The van der Waals surface area contributed by atoms with Crippen molar-refractivity contribution in [2.24, 2.45) is 0 Å². The van der Waals surface area contributed by atoms with Crippen molar-refractivity contribution in [3.05, 3.63) is 417 Å². The molecular weight excluding hydrogens is 1470 g/mol. The first-order valence-electron chi connectivity index (χ1n) is 39.5. The summed E-state index contributed by atoms with van der Waals surface area (Å²) >= 11 is 0. The number of hydrogen-bond donors (Lipinski definition) is 0. The Kier molecular flexibility index (Phi) is 20.4. The standard InChI is InChI=1S/C104H78F10N2/c1-5-9-11-13-27-69-59-84(68-45-53-74(54-46-68)116(90-38-24-30-66-26-16-18-32-78(66)90)76-56-58-82-80-34-20-22-36-86(80)104(88(82)62-76,72-49-41-64(8-4)42-50-72)92-95(107)99(111)102(114)100(112)96(92)108)70(28-14-12-10-6-2)60-83(69)67-43-51-73(52-44-67)115(89-37-23-29-65-25-15-17-31-77(65)89)75-55-57-81-79-33-19-21-35-85(79)103(87(81)61-75,71-47-39-63(7-3)40-48-71)91-93(105)97(109)101(113)98(110)94(91)106/h7-8,15-26,29-62H,3-6,9-14,27-28H2,1-2H3. The van der Waals surface area contributed by atoms with E-state index in [1.54, 1.807) is 109 Å². The molecule has 0 saturated heterocycles. The van der Waals surface area contributed by atoms with E-state index in [4.69, 9.17) is 0 Å². The molecule has 0 N–H and O–H groups in total. The maximum absolute atomic E-state index is 17.2. The fourth-order valence-electron chi connectivity index (χ4n) is 18.2. The number of rotatable bonds is 24. The van der Waals surface area contributed by atoms with E-state index in [-0.39, 0.29) is 11.1 Å². The van der Waals surface area contributed by atoms with Gasteiger partial charge >= 0.3 is 0 Å². The lowest BCUT2D eigenvalue weighted by Crippen LogP contribution is -2.33. The highest BCUT2D eigenvalue weighted by Gasteiger charge is 2.53. The summed E-state index contributed by atoms with van der Waals surface area (Å²) in [6.07, 6.45) is 12.8. The molecule has 2 aliphatic carbocycles. The van der Waals surface area contributed by atoms with Crippen LogP contribution in [0.25, 0.3) is 78.2 Å². The van der Waals surface area contributed by atoms with Crippen molar-refractivity contribution in [2.75, 3.05) is 9.80 Å². The van der Waals surface area contributed by atoms with E-state index in [0.29, 0.717) is 67.0 Å². The Balaban J connectivity index is 0.815. The Morgan fingerprint density at radius 1 is 0.284 bits per heavy atom. The smallest absolute Gasteiger partial charge is 0.200 e. The highest BCUT2D eigenvalue weighted by molar-refractivity contribution is 6.02. The van der Waals surface area contributed by atoms with Gasteiger partial charge in [-0.1, -0.05) is 296 Å². The van der Waals surface area contributed by atoms with Crippen LogP contribution in [0.2, 0.25) is 0 Å². The van der Waals surface area contributed by atoms with Gasteiger partial charge in [0.1, 0.15) is 0 Å². The molecule has 2 nitrogen and oxygen atoms in total. The molecule has 0 aliphatic heterocycles. The first-order valence-corrected chi connectivity index (χ1v) is 39.5. The molecule has 0 radical (unpaired) electrons. The third-order valence-corrected chi connectivity index (χ3v) is 23.7. The summed E-state index contributed by atoms with van der Waals surface area (Å²) in [6.45, 7) is 12.2. The van der Waals surface area contributed by atoms with Gasteiger partial charge in [0, 0.05) is 44.6 Å². The van der Waals surface area contributed by atoms with Crippen molar-refractivity contribution in [3.8, 4) is 44.5 Å². The van der Waals surface area contributed by atoms with Crippen molar-refractivity contribution < 1.29 is 43.9 Å². The predicted octanol–water partition coefficient (Wildman–Crippen LogP) is 29.9. The lowest BCUT2D eigenvalue weighted by atomic mass is 9.67. The molecule has 15 aromatic carbocycles. The van der Waals surface area contributed by atoms with Gasteiger partial charge in [-0.15, -0.1) is 0 Å². The second kappa shape index (κ2) is 31.2. The third kappa shape index (κ3) is 12.5. The van der Waals surface area contributed by atoms with Crippen LogP contribution in [0, 0.1) is 58.2 Å². The second-order valence-electron chi connectivity index (χ2n) is 30.1. The molecule has 17 rings (SSSR count). The first-order chi connectivity index (χ1) is 56.5. The van der Waals surface area contributed by atoms with Crippen molar-refractivity contribution in [1.82, 2.24) is 0 Å². The number of anilines is 6. The number of aryl methyl sites for hydroxylation is 2. The minimum Gasteiger partial charge on any atom is -0.310 e. The van der Waals surface area contributed by atoms with Crippen LogP contribution < -0.4 is 9.80 Å². The van der Waals surface area contributed by atoms with E-state index in [1.165, 1.54) is 0 Å². The van der Waals surface area contributed by atoms with Gasteiger partial charge in [0.15, 0.2) is 46.5 Å². The Morgan fingerprint density at radius 3 is 0.983 bits per heavy atom. The Labute approximate surface area is 668 Å². The zero-order chi connectivity index (χ0) is 80.3. The molecule has 0 fully saturated rings. The van der Waals surface area contributed by atoms with E-state index in [2.05, 4.69) is 97.5 Å². The third-order valence-electron chi connectivity index (χ3n) is 23.7. The van der Waals surface area contributed by atoms with Gasteiger partial charge in [0.05, 0.1) is 22.2 Å². The fraction of sp³-hybridized carbons (Fsp3) is 0.135. The van der Waals surface area contributed by atoms with E-state index < -0.39 is 80.1 Å². The predicted molar refractivity (Wildman–Crippen MR) is 452 cm³/mol. The molecular formula is C104H78F10N2. The summed E-state index contributed by atoms with van der Waals surface area (Å²) in [6, 6.07) is 88.2. The molecule has 0 bridgehead atoms. The summed E-state index contributed by atoms with van der Waals surface area (Å²) in [5, 5.41) is 3.66. The molecule has 0 spiro atoms. The van der Waals surface area contributed by atoms with Crippen LogP contribution in [0.3, 0.4) is 0 Å². The van der Waals surface area contributed by atoms with Crippen LogP contribution in [-0.4, -0.2) is 0 Å². The zero-order valence-electron chi connectivity index (χ0n) is 63.9. The maximum Gasteiger partial charge on any atom is 0.200 e. The fourth-order valence-corrected chi connectivity index (χ4v) is 18.2. The minimum atomic E-state index is -2.25. The van der Waals surface area contributed by atoms with Crippen LogP contribution in [0.1, 0.15) is 132 Å². The average molecular weight is 1550 g/mol. The molecule has 12 heteroatoms. The van der Waals surface area contributed by atoms with E-state index >= 15 is 43.9 Å². The van der Waals surface area contributed by atoms with E-state index in [1.807, 2.05) is 121 Å². The van der Waals surface area contributed by atoms with Crippen molar-refractivity contribution in [3.63, 3.8) is 0 Å². The molecule has 0 amide bonds. The monoisotopic (exact) mass is 1540 g/mol. The maximum atomic E-state index is 17.2. The van der Waals surface area contributed by atoms with Gasteiger partial charge in [-0.05, 0) is 197 Å². The second-order valence-corrected chi connectivity index (χ2v) is 30.1. The van der Waals surface area contributed by atoms with Crippen LogP contribution in [-0.2, 0) is 23.7 Å². The number of benzene rings is 15. The van der Waals surface area contributed by atoms with Crippen LogP contribution in [0.4, 0.5) is 78.0 Å².